The third kappa shape index (κ3) is 4.35. The van der Waals surface area contributed by atoms with Gasteiger partial charge in [-0.05, 0) is 31.0 Å². The molecule has 1 fully saturated rings. The van der Waals surface area contributed by atoms with Crippen molar-refractivity contribution in [3.8, 4) is 0 Å². The van der Waals surface area contributed by atoms with Crippen LogP contribution in [0, 0.1) is 24.0 Å². The predicted molar refractivity (Wildman–Crippen MR) is 103 cm³/mol. The van der Waals surface area contributed by atoms with Crippen LogP contribution in [-0.4, -0.2) is 48.7 Å². The molecule has 1 saturated heterocycles. The Balaban J connectivity index is 1.68. The standard InChI is InChI=1S/C19H23N3O4S/c1-15-6-7-16(2)17(12-15)14-20-8-10-21(11-9-20)27(25,26)19-5-3-4-18(13-19)22(23)24/h3-7,12-13H,8-11,14H2,1-2H3. The second-order valence-electron chi connectivity index (χ2n) is 6.86. The highest BCUT2D eigenvalue weighted by atomic mass is 32.2. The van der Waals surface area contributed by atoms with Crippen molar-refractivity contribution in [2.24, 2.45) is 0 Å². The van der Waals surface area contributed by atoms with E-state index in [1.165, 1.54) is 39.2 Å². The summed E-state index contributed by atoms with van der Waals surface area (Å²) < 4.78 is 27.0. The molecular formula is C19H23N3O4S. The molecule has 0 unspecified atom stereocenters. The predicted octanol–water partition coefficient (Wildman–Crippen LogP) is 2.72. The van der Waals surface area contributed by atoms with Crippen LogP contribution in [0.15, 0.2) is 47.4 Å². The first-order valence-electron chi connectivity index (χ1n) is 8.80. The van der Waals surface area contributed by atoms with Crippen molar-refractivity contribution in [2.45, 2.75) is 25.3 Å². The zero-order valence-electron chi connectivity index (χ0n) is 15.5. The fourth-order valence-corrected chi connectivity index (χ4v) is 4.71. The van der Waals surface area contributed by atoms with Gasteiger partial charge in [0.05, 0.1) is 9.82 Å². The maximum atomic E-state index is 12.8. The first kappa shape index (κ1) is 19.5. The molecule has 7 nitrogen and oxygen atoms in total. The number of piperazine rings is 1. The van der Waals surface area contributed by atoms with Crippen LogP contribution >= 0.6 is 0 Å². The Morgan fingerprint density at radius 2 is 1.74 bits per heavy atom. The Kier molecular flexibility index (Phi) is 5.59. The summed E-state index contributed by atoms with van der Waals surface area (Å²) in [5.74, 6) is 0. The molecule has 0 spiro atoms. The van der Waals surface area contributed by atoms with E-state index in [0.29, 0.717) is 26.2 Å². The summed E-state index contributed by atoms with van der Waals surface area (Å²) in [6.45, 7) is 6.93. The second-order valence-corrected chi connectivity index (χ2v) is 8.80. The molecule has 8 heteroatoms. The van der Waals surface area contributed by atoms with Crippen molar-refractivity contribution in [1.29, 1.82) is 0 Å². The summed E-state index contributed by atoms with van der Waals surface area (Å²) in [7, 11) is -3.73. The van der Waals surface area contributed by atoms with Crippen LogP contribution in [0.5, 0.6) is 0 Å². The minimum atomic E-state index is -3.73. The molecular weight excluding hydrogens is 366 g/mol. The summed E-state index contributed by atoms with van der Waals surface area (Å²) in [6.07, 6.45) is 0. The lowest BCUT2D eigenvalue weighted by Gasteiger charge is -2.34. The van der Waals surface area contributed by atoms with E-state index in [4.69, 9.17) is 0 Å². The van der Waals surface area contributed by atoms with E-state index < -0.39 is 14.9 Å². The smallest absolute Gasteiger partial charge is 0.270 e. The molecule has 1 heterocycles. The van der Waals surface area contributed by atoms with Gasteiger partial charge in [0.2, 0.25) is 10.0 Å². The van der Waals surface area contributed by atoms with Gasteiger partial charge in [-0.1, -0.05) is 29.8 Å². The molecule has 0 aliphatic carbocycles. The molecule has 1 aliphatic heterocycles. The molecule has 144 valence electrons. The zero-order valence-corrected chi connectivity index (χ0v) is 16.3. The van der Waals surface area contributed by atoms with Crippen molar-refractivity contribution in [2.75, 3.05) is 26.2 Å². The molecule has 0 aromatic heterocycles. The van der Waals surface area contributed by atoms with E-state index in [9.17, 15) is 18.5 Å². The van der Waals surface area contributed by atoms with Crippen LogP contribution < -0.4 is 0 Å². The molecule has 2 aromatic carbocycles. The monoisotopic (exact) mass is 389 g/mol. The number of sulfonamides is 1. The number of benzene rings is 2. The highest BCUT2D eigenvalue weighted by Crippen LogP contribution is 2.23. The van der Waals surface area contributed by atoms with Gasteiger partial charge >= 0.3 is 0 Å². The van der Waals surface area contributed by atoms with Crippen LogP contribution in [0.1, 0.15) is 16.7 Å². The number of nitrogens with zero attached hydrogens (tertiary/aromatic N) is 3. The fraction of sp³-hybridized carbons (Fsp3) is 0.368. The first-order chi connectivity index (χ1) is 12.8. The average Bonchev–Trinajstić information content (AvgIpc) is 2.65. The normalized spacial score (nSPS) is 16.4. The Morgan fingerprint density at radius 3 is 2.41 bits per heavy atom. The minimum Gasteiger partial charge on any atom is -0.296 e. The summed E-state index contributed by atoms with van der Waals surface area (Å²) in [5, 5.41) is 10.9. The average molecular weight is 389 g/mol. The number of aryl methyl sites for hydroxylation is 2. The third-order valence-electron chi connectivity index (χ3n) is 4.90. The Morgan fingerprint density at radius 1 is 1.04 bits per heavy atom. The van der Waals surface area contributed by atoms with Gasteiger partial charge in [-0.3, -0.25) is 15.0 Å². The number of nitro benzene ring substituents is 1. The van der Waals surface area contributed by atoms with E-state index in [2.05, 4.69) is 36.9 Å². The number of hydrogen-bond acceptors (Lipinski definition) is 5. The largest absolute Gasteiger partial charge is 0.296 e. The Bertz CT molecular complexity index is 951. The molecule has 0 radical (unpaired) electrons. The van der Waals surface area contributed by atoms with Crippen LogP contribution in [0.4, 0.5) is 5.69 Å². The summed E-state index contributed by atoms with van der Waals surface area (Å²) in [5.41, 5.74) is 3.48. The Hall–Kier alpha value is -2.29. The van der Waals surface area contributed by atoms with Gasteiger partial charge in [-0.15, -0.1) is 0 Å². The van der Waals surface area contributed by atoms with E-state index in [1.807, 2.05) is 0 Å². The lowest BCUT2D eigenvalue weighted by molar-refractivity contribution is -0.385. The molecule has 1 aliphatic rings. The van der Waals surface area contributed by atoms with Gasteiger partial charge in [-0.25, -0.2) is 8.42 Å². The number of non-ortho nitro benzene ring substituents is 1. The van der Waals surface area contributed by atoms with E-state index >= 15 is 0 Å². The van der Waals surface area contributed by atoms with E-state index in [0.717, 1.165) is 12.6 Å². The lowest BCUT2D eigenvalue weighted by Crippen LogP contribution is -2.48. The molecule has 27 heavy (non-hydrogen) atoms. The van der Waals surface area contributed by atoms with Gasteiger partial charge in [-0.2, -0.15) is 4.31 Å². The molecule has 0 amide bonds. The number of hydrogen-bond donors (Lipinski definition) is 0. The lowest BCUT2D eigenvalue weighted by atomic mass is 10.1. The SMILES string of the molecule is Cc1ccc(C)c(CN2CCN(S(=O)(=O)c3cccc([N+](=O)[O-])c3)CC2)c1. The highest BCUT2D eigenvalue weighted by molar-refractivity contribution is 7.89. The summed E-state index contributed by atoms with van der Waals surface area (Å²) in [6, 6.07) is 11.6. The van der Waals surface area contributed by atoms with E-state index in [1.54, 1.807) is 0 Å². The maximum Gasteiger partial charge on any atom is 0.270 e. The molecule has 2 aromatic rings. The minimum absolute atomic E-state index is 0.0281. The number of rotatable bonds is 5. The highest BCUT2D eigenvalue weighted by Gasteiger charge is 2.29. The van der Waals surface area contributed by atoms with Crippen LogP contribution in [0.3, 0.4) is 0 Å². The molecule has 0 saturated carbocycles. The summed E-state index contributed by atoms with van der Waals surface area (Å²) >= 11 is 0. The molecule has 0 atom stereocenters. The Labute approximate surface area is 159 Å². The van der Waals surface area contributed by atoms with Gasteiger partial charge in [0.15, 0.2) is 0 Å². The topological polar surface area (TPSA) is 83.8 Å². The molecule has 0 N–H and O–H groups in total. The van der Waals surface area contributed by atoms with Crippen molar-refractivity contribution in [1.82, 2.24) is 9.21 Å². The third-order valence-corrected chi connectivity index (χ3v) is 6.79. The first-order valence-corrected chi connectivity index (χ1v) is 10.2. The zero-order chi connectivity index (χ0) is 19.6. The van der Waals surface area contributed by atoms with E-state index in [-0.39, 0.29) is 10.6 Å². The van der Waals surface area contributed by atoms with Gasteiger partial charge < -0.3 is 0 Å². The van der Waals surface area contributed by atoms with Crippen molar-refractivity contribution in [3.05, 3.63) is 69.3 Å². The quantitative estimate of drug-likeness (QED) is 0.580. The number of nitro groups is 1. The molecule has 0 bridgehead atoms. The molecule has 3 rings (SSSR count). The maximum absolute atomic E-state index is 12.8. The van der Waals surface area contributed by atoms with Crippen molar-refractivity contribution < 1.29 is 13.3 Å². The second kappa shape index (κ2) is 7.75. The van der Waals surface area contributed by atoms with Crippen molar-refractivity contribution >= 4 is 15.7 Å². The summed E-state index contributed by atoms with van der Waals surface area (Å²) in [4.78, 5) is 12.5. The van der Waals surface area contributed by atoms with Gasteiger partial charge in [0, 0.05) is 44.9 Å². The van der Waals surface area contributed by atoms with Gasteiger partial charge in [0.25, 0.3) is 5.69 Å². The fourth-order valence-electron chi connectivity index (χ4n) is 3.25. The van der Waals surface area contributed by atoms with Gasteiger partial charge in [0.1, 0.15) is 0 Å². The van der Waals surface area contributed by atoms with Crippen LogP contribution in [-0.2, 0) is 16.6 Å². The van der Waals surface area contributed by atoms with Crippen LogP contribution in [0.2, 0.25) is 0 Å². The van der Waals surface area contributed by atoms with Crippen LogP contribution in [0.25, 0.3) is 0 Å². The van der Waals surface area contributed by atoms with Crippen molar-refractivity contribution in [3.63, 3.8) is 0 Å².